The summed E-state index contributed by atoms with van der Waals surface area (Å²) in [6.45, 7) is 0.852. The molecular formula is C19H23N3O2. The summed E-state index contributed by atoms with van der Waals surface area (Å²) >= 11 is 0. The lowest BCUT2D eigenvalue weighted by Gasteiger charge is -2.41. The minimum Gasteiger partial charge on any atom is -0.497 e. The monoisotopic (exact) mass is 325 g/mol. The molecule has 0 bridgehead atoms. The lowest BCUT2D eigenvalue weighted by atomic mass is 9.93. The predicted molar refractivity (Wildman–Crippen MR) is 91.7 cm³/mol. The highest BCUT2D eigenvalue weighted by atomic mass is 16.5. The van der Waals surface area contributed by atoms with Gasteiger partial charge in [-0.15, -0.1) is 12.3 Å². The number of carbonyl (C=O) groups excluding carboxylic acids is 1. The highest BCUT2D eigenvalue weighted by Crippen LogP contribution is 2.38. The highest BCUT2D eigenvalue weighted by Gasteiger charge is 2.41. The second-order valence-electron chi connectivity index (χ2n) is 6.47. The molecule has 0 spiro atoms. The van der Waals surface area contributed by atoms with Crippen molar-refractivity contribution in [2.45, 2.75) is 50.2 Å². The first-order valence-electron chi connectivity index (χ1n) is 8.46. The molecular weight excluding hydrogens is 302 g/mol. The van der Waals surface area contributed by atoms with Crippen LogP contribution in [0, 0.1) is 12.3 Å². The van der Waals surface area contributed by atoms with E-state index in [0.717, 1.165) is 31.6 Å². The van der Waals surface area contributed by atoms with Crippen LogP contribution < -0.4 is 4.74 Å². The molecule has 1 saturated heterocycles. The first-order valence-corrected chi connectivity index (χ1v) is 8.46. The van der Waals surface area contributed by atoms with E-state index >= 15 is 0 Å². The van der Waals surface area contributed by atoms with Gasteiger partial charge in [-0.25, -0.2) is 0 Å². The molecule has 1 amide bonds. The molecule has 2 aliphatic heterocycles. The number of benzene rings is 1. The molecule has 2 heterocycles. The lowest BCUT2D eigenvalue weighted by molar-refractivity contribution is -0.139. The van der Waals surface area contributed by atoms with Crippen molar-refractivity contribution in [3.63, 3.8) is 0 Å². The van der Waals surface area contributed by atoms with Crippen molar-refractivity contribution in [1.82, 2.24) is 4.90 Å². The minimum absolute atomic E-state index is 0.206. The van der Waals surface area contributed by atoms with Crippen molar-refractivity contribution in [2.75, 3.05) is 13.7 Å². The van der Waals surface area contributed by atoms with Crippen LogP contribution in [0.5, 0.6) is 5.75 Å². The number of amides is 1. The average molecular weight is 325 g/mol. The van der Waals surface area contributed by atoms with Gasteiger partial charge in [0.15, 0.2) is 5.66 Å². The molecule has 5 nitrogen and oxygen atoms in total. The molecule has 0 radical (unpaired) electrons. The molecule has 126 valence electrons. The number of rotatable bonds is 8. The van der Waals surface area contributed by atoms with Crippen LogP contribution in [0.3, 0.4) is 0 Å². The van der Waals surface area contributed by atoms with Crippen LogP contribution in [0.15, 0.2) is 34.5 Å². The summed E-state index contributed by atoms with van der Waals surface area (Å²) in [5, 5.41) is 8.19. The number of hydrogen-bond donors (Lipinski definition) is 0. The summed E-state index contributed by atoms with van der Waals surface area (Å²) in [6, 6.07) is 8.37. The zero-order valence-corrected chi connectivity index (χ0v) is 14.1. The van der Waals surface area contributed by atoms with Crippen molar-refractivity contribution in [3.05, 3.63) is 29.8 Å². The molecule has 1 aromatic rings. The molecule has 5 heteroatoms. The summed E-state index contributed by atoms with van der Waals surface area (Å²) in [7, 11) is 1.66. The van der Waals surface area contributed by atoms with Gasteiger partial charge in [-0.3, -0.25) is 4.79 Å². The number of likely N-dealkylation sites (tertiary alicyclic amines) is 1. The van der Waals surface area contributed by atoms with E-state index in [-0.39, 0.29) is 11.6 Å². The van der Waals surface area contributed by atoms with E-state index in [4.69, 9.17) is 11.2 Å². The summed E-state index contributed by atoms with van der Waals surface area (Å²) < 4.78 is 5.18. The Bertz CT molecular complexity index is 654. The van der Waals surface area contributed by atoms with Gasteiger partial charge in [0.2, 0.25) is 5.91 Å². The molecule has 0 N–H and O–H groups in total. The minimum atomic E-state index is -0.363. The maximum absolute atomic E-state index is 12.5. The normalized spacial score (nSPS) is 20.2. The zero-order chi connectivity index (χ0) is 17.0. The average Bonchev–Trinajstić information content (AvgIpc) is 3.36. The number of nitrogens with zero attached hydrogens (tertiary/aromatic N) is 3. The summed E-state index contributed by atoms with van der Waals surface area (Å²) in [5.74, 6) is 3.68. The van der Waals surface area contributed by atoms with Crippen LogP contribution in [0.4, 0.5) is 0 Å². The topological polar surface area (TPSA) is 54.3 Å². The second-order valence-corrected chi connectivity index (χ2v) is 6.47. The van der Waals surface area contributed by atoms with E-state index in [2.05, 4.69) is 28.3 Å². The third kappa shape index (κ3) is 3.76. The Morgan fingerprint density at radius 2 is 2.12 bits per heavy atom. The van der Waals surface area contributed by atoms with E-state index in [0.29, 0.717) is 25.3 Å². The molecule has 1 fully saturated rings. The Morgan fingerprint density at radius 1 is 1.38 bits per heavy atom. The van der Waals surface area contributed by atoms with Crippen molar-refractivity contribution >= 4 is 5.91 Å². The van der Waals surface area contributed by atoms with Gasteiger partial charge in [0, 0.05) is 38.3 Å². The Kier molecular flexibility index (Phi) is 4.84. The third-order valence-corrected chi connectivity index (χ3v) is 4.89. The number of methoxy groups -OCH3 is 1. The van der Waals surface area contributed by atoms with Crippen molar-refractivity contribution in [1.29, 1.82) is 0 Å². The number of carbonyl (C=O) groups is 1. The SMILES string of the molecule is C#CCCC1(CCC(=O)N2CCC2Cc2ccc(OC)cc2)N=N1. The van der Waals surface area contributed by atoms with E-state index in [9.17, 15) is 4.79 Å². The quantitative estimate of drug-likeness (QED) is 0.689. The highest BCUT2D eigenvalue weighted by molar-refractivity contribution is 5.77. The fourth-order valence-electron chi connectivity index (χ4n) is 3.13. The van der Waals surface area contributed by atoms with Crippen LogP contribution in [0.25, 0.3) is 0 Å². The van der Waals surface area contributed by atoms with Crippen molar-refractivity contribution in [2.24, 2.45) is 10.2 Å². The van der Waals surface area contributed by atoms with Gasteiger partial charge < -0.3 is 9.64 Å². The predicted octanol–water partition coefficient (Wildman–Crippen LogP) is 3.19. The van der Waals surface area contributed by atoms with Gasteiger partial charge in [0.25, 0.3) is 0 Å². The van der Waals surface area contributed by atoms with E-state index in [1.807, 2.05) is 17.0 Å². The maximum atomic E-state index is 12.5. The second kappa shape index (κ2) is 7.04. The van der Waals surface area contributed by atoms with Crippen LogP contribution in [0.2, 0.25) is 0 Å². The van der Waals surface area contributed by atoms with Crippen molar-refractivity contribution in [3.8, 4) is 18.1 Å². The first kappa shape index (κ1) is 16.5. The molecule has 0 aliphatic carbocycles. The Morgan fingerprint density at radius 3 is 2.67 bits per heavy atom. The summed E-state index contributed by atoms with van der Waals surface area (Å²) in [5.41, 5.74) is 0.870. The number of terminal acetylenes is 1. The van der Waals surface area contributed by atoms with Gasteiger partial charge in [0.05, 0.1) is 7.11 Å². The van der Waals surface area contributed by atoms with E-state index in [1.54, 1.807) is 7.11 Å². The number of ether oxygens (including phenoxy) is 1. The summed E-state index contributed by atoms with van der Waals surface area (Å²) in [4.78, 5) is 14.4. The van der Waals surface area contributed by atoms with E-state index in [1.165, 1.54) is 5.56 Å². The maximum Gasteiger partial charge on any atom is 0.222 e. The lowest BCUT2D eigenvalue weighted by Crippen LogP contribution is -2.52. The first-order chi connectivity index (χ1) is 11.7. The molecule has 2 aliphatic rings. The Balaban J connectivity index is 1.46. The summed E-state index contributed by atoms with van der Waals surface area (Å²) in [6.07, 6.45) is 9.84. The van der Waals surface area contributed by atoms with E-state index < -0.39 is 0 Å². The zero-order valence-electron chi connectivity index (χ0n) is 14.1. The Labute approximate surface area is 143 Å². The largest absolute Gasteiger partial charge is 0.497 e. The van der Waals surface area contributed by atoms with Crippen LogP contribution in [0.1, 0.15) is 37.7 Å². The molecule has 1 atom stereocenters. The molecule has 24 heavy (non-hydrogen) atoms. The van der Waals surface area contributed by atoms with Crippen LogP contribution in [-0.4, -0.2) is 36.2 Å². The fourth-order valence-corrected chi connectivity index (χ4v) is 3.13. The number of hydrogen-bond acceptors (Lipinski definition) is 4. The van der Waals surface area contributed by atoms with Gasteiger partial charge in [-0.05, 0) is 30.5 Å². The standard InChI is InChI=1S/C19H23N3O2/c1-3-4-11-19(20-21-19)12-9-18(23)22-13-10-16(22)14-15-5-7-17(24-2)8-6-15/h1,5-8,16H,4,9-14H2,2H3. The molecule has 0 saturated carbocycles. The fraction of sp³-hybridized carbons (Fsp3) is 0.526. The van der Waals surface area contributed by atoms with Gasteiger partial charge >= 0.3 is 0 Å². The van der Waals surface area contributed by atoms with Gasteiger partial charge in [-0.1, -0.05) is 12.1 Å². The molecule has 1 aromatic carbocycles. The van der Waals surface area contributed by atoms with Crippen molar-refractivity contribution < 1.29 is 9.53 Å². The van der Waals surface area contributed by atoms with Crippen LogP contribution in [-0.2, 0) is 11.2 Å². The van der Waals surface area contributed by atoms with Crippen LogP contribution >= 0.6 is 0 Å². The smallest absolute Gasteiger partial charge is 0.222 e. The molecule has 1 unspecified atom stereocenters. The third-order valence-electron chi connectivity index (χ3n) is 4.89. The Hall–Kier alpha value is -2.35. The molecule has 0 aromatic heterocycles. The molecule has 3 rings (SSSR count). The van der Waals surface area contributed by atoms with Gasteiger partial charge in [-0.2, -0.15) is 10.2 Å². The van der Waals surface area contributed by atoms with Gasteiger partial charge in [0.1, 0.15) is 5.75 Å².